The van der Waals surface area contributed by atoms with Gasteiger partial charge in [-0.25, -0.2) is 0 Å². The Kier molecular flexibility index (Phi) is 3.62. The van der Waals surface area contributed by atoms with Crippen LogP contribution < -0.4 is 5.32 Å². The molecule has 1 aromatic carbocycles. The number of piperidine rings is 1. The van der Waals surface area contributed by atoms with Crippen LogP contribution in [0.4, 0.5) is 0 Å². The smallest absolute Gasteiger partial charge is 0.0688 e. The van der Waals surface area contributed by atoms with Crippen LogP contribution in [0.2, 0.25) is 0 Å². The van der Waals surface area contributed by atoms with Crippen molar-refractivity contribution in [1.82, 2.24) is 5.32 Å². The number of hydrogen-bond donors (Lipinski definition) is 2. The van der Waals surface area contributed by atoms with E-state index in [0.29, 0.717) is 5.92 Å². The Balaban J connectivity index is 2.01. The van der Waals surface area contributed by atoms with Crippen LogP contribution in [0.5, 0.6) is 0 Å². The minimum Gasteiger partial charge on any atom is -0.390 e. The zero-order valence-electron chi connectivity index (χ0n) is 9.95. The molecule has 1 heterocycles. The third kappa shape index (κ3) is 2.83. The molecule has 0 amide bonds. The van der Waals surface area contributed by atoms with E-state index < -0.39 is 5.60 Å². The molecule has 1 aliphatic rings. The number of benzene rings is 1. The van der Waals surface area contributed by atoms with Crippen LogP contribution in [0.15, 0.2) is 30.3 Å². The van der Waals surface area contributed by atoms with Gasteiger partial charge in [-0.15, -0.1) is 0 Å². The molecule has 0 aromatic heterocycles. The fraction of sp³-hybridized carbons (Fsp3) is 0.571. The van der Waals surface area contributed by atoms with Crippen molar-refractivity contribution in [2.24, 2.45) is 5.92 Å². The van der Waals surface area contributed by atoms with Crippen molar-refractivity contribution in [3.05, 3.63) is 35.9 Å². The van der Waals surface area contributed by atoms with Crippen LogP contribution in [-0.4, -0.2) is 23.8 Å². The molecular formula is C14H21NO. The third-order valence-corrected chi connectivity index (χ3v) is 3.62. The summed E-state index contributed by atoms with van der Waals surface area (Å²) in [4.78, 5) is 0. The van der Waals surface area contributed by atoms with E-state index >= 15 is 0 Å². The Labute approximate surface area is 97.7 Å². The van der Waals surface area contributed by atoms with E-state index in [1.54, 1.807) is 0 Å². The zero-order valence-corrected chi connectivity index (χ0v) is 9.95. The van der Waals surface area contributed by atoms with Gasteiger partial charge in [0.05, 0.1) is 5.60 Å². The molecule has 0 aliphatic carbocycles. The maximum Gasteiger partial charge on any atom is 0.0688 e. The normalized spacial score (nSPS) is 21.6. The predicted molar refractivity (Wildman–Crippen MR) is 66.4 cm³/mol. The minimum atomic E-state index is -0.566. The number of hydrogen-bond acceptors (Lipinski definition) is 2. The fourth-order valence-electron chi connectivity index (χ4n) is 2.60. The molecule has 0 spiro atoms. The van der Waals surface area contributed by atoms with E-state index in [1.165, 1.54) is 5.56 Å². The van der Waals surface area contributed by atoms with Gasteiger partial charge in [-0.1, -0.05) is 30.3 Å². The van der Waals surface area contributed by atoms with Gasteiger partial charge in [-0.2, -0.15) is 0 Å². The van der Waals surface area contributed by atoms with E-state index in [4.69, 9.17) is 0 Å². The van der Waals surface area contributed by atoms with Gasteiger partial charge in [0.15, 0.2) is 0 Å². The van der Waals surface area contributed by atoms with Gasteiger partial charge in [0, 0.05) is 6.42 Å². The first-order chi connectivity index (χ1) is 7.68. The van der Waals surface area contributed by atoms with E-state index in [1.807, 2.05) is 25.1 Å². The summed E-state index contributed by atoms with van der Waals surface area (Å²) >= 11 is 0. The molecule has 0 radical (unpaired) electrons. The Hall–Kier alpha value is -0.860. The van der Waals surface area contributed by atoms with Crippen LogP contribution in [0.1, 0.15) is 25.3 Å². The second kappa shape index (κ2) is 4.98. The van der Waals surface area contributed by atoms with Gasteiger partial charge in [0.25, 0.3) is 0 Å². The van der Waals surface area contributed by atoms with Crippen molar-refractivity contribution in [3.8, 4) is 0 Å². The Morgan fingerprint density at radius 1 is 1.25 bits per heavy atom. The van der Waals surface area contributed by atoms with Gasteiger partial charge in [0.1, 0.15) is 0 Å². The van der Waals surface area contributed by atoms with Gasteiger partial charge in [0.2, 0.25) is 0 Å². The number of nitrogens with one attached hydrogen (secondary N) is 1. The van der Waals surface area contributed by atoms with Gasteiger partial charge in [-0.05, 0) is 44.3 Å². The Morgan fingerprint density at radius 2 is 1.88 bits per heavy atom. The molecule has 2 heteroatoms. The van der Waals surface area contributed by atoms with E-state index in [9.17, 15) is 5.11 Å². The standard InChI is InChI=1S/C14H21NO/c1-14(16,13-7-9-15-10-8-13)11-12-5-3-2-4-6-12/h2-6,13,15-16H,7-11H2,1H3. The number of rotatable bonds is 3. The molecule has 1 unspecified atom stereocenters. The highest BCUT2D eigenvalue weighted by Crippen LogP contribution is 2.28. The minimum absolute atomic E-state index is 0.425. The summed E-state index contributed by atoms with van der Waals surface area (Å²) in [6, 6.07) is 10.3. The molecule has 2 nitrogen and oxygen atoms in total. The second-order valence-electron chi connectivity index (χ2n) is 5.04. The molecule has 0 bridgehead atoms. The van der Waals surface area contributed by atoms with Crippen molar-refractivity contribution in [1.29, 1.82) is 0 Å². The topological polar surface area (TPSA) is 32.3 Å². The third-order valence-electron chi connectivity index (χ3n) is 3.62. The highest BCUT2D eigenvalue weighted by molar-refractivity contribution is 5.17. The SMILES string of the molecule is CC(O)(Cc1ccccc1)C1CCNCC1. The molecule has 2 N–H and O–H groups in total. The van der Waals surface area contributed by atoms with Crippen molar-refractivity contribution in [3.63, 3.8) is 0 Å². The van der Waals surface area contributed by atoms with Gasteiger partial charge >= 0.3 is 0 Å². The lowest BCUT2D eigenvalue weighted by molar-refractivity contribution is -0.0131. The molecule has 1 saturated heterocycles. The van der Waals surface area contributed by atoms with Crippen molar-refractivity contribution < 1.29 is 5.11 Å². The van der Waals surface area contributed by atoms with E-state index in [-0.39, 0.29) is 0 Å². The average Bonchev–Trinajstić information content (AvgIpc) is 2.31. The molecular weight excluding hydrogens is 198 g/mol. The maximum absolute atomic E-state index is 10.6. The lowest BCUT2D eigenvalue weighted by atomic mass is 9.78. The summed E-state index contributed by atoms with van der Waals surface area (Å²) in [6.45, 7) is 4.06. The summed E-state index contributed by atoms with van der Waals surface area (Å²) in [5, 5.41) is 13.9. The first kappa shape index (κ1) is 11.6. The van der Waals surface area contributed by atoms with E-state index in [0.717, 1.165) is 32.4 Å². The summed E-state index contributed by atoms with van der Waals surface area (Å²) in [5.74, 6) is 0.425. The Bertz CT molecular complexity index is 315. The average molecular weight is 219 g/mol. The molecule has 1 fully saturated rings. The lowest BCUT2D eigenvalue weighted by Crippen LogP contribution is -2.43. The van der Waals surface area contributed by atoms with Crippen LogP contribution >= 0.6 is 0 Å². The molecule has 1 aliphatic heterocycles. The predicted octanol–water partition coefficient (Wildman–Crippen LogP) is 1.98. The van der Waals surface area contributed by atoms with Crippen molar-refractivity contribution >= 4 is 0 Å². The first-order valence-corrected chi connectivity index (χ1v) is 6.15. The molecule has 88 valence electrons. The van der Waals surface area contributed by atoms with Crippen LogP contribution in [-0.2, 0) is 6.42 Å². The summed E-state index contributed by atoms with van der Waals surface area (Å²) in [7, 11) is 0. The molecule has 1 atom stereocenters. The molecule has 16 heavy (non-hydrogen) atoms. The van der Waals surface area contributed by atoms with Gasteiger partial charge < -0.3 is 10.4 Å². The maximum atomic E-state index is 10.6. The largest absolute Gasteiger partial charge is 0.390 e. The summed E-state index contributed by atoms with van der Waals surface area (Å²) in [6.07, 6.45) is 2.93. The molecule has 1 aromatic rings. The summed E-state index contributed by atoms with van der Waals surface area (Å²) in [5.41, 5.74) is 0.662. The molecule has 2 rings (SSSR count). The quantitative estimate of drug-likeness (QED) is 0.814. The van der Waals surface area contributed by atoms with Gasteiger partial charge in [-0.3, -0.25) is 0 Å². The zero-order chi connectivity index (χ0) is 11.4. The first-order valence-electron chi connectivity index (χ1n) is 6.15. The number of aliphatic hydroxyl groups is 1. The van der Waals surface area contributed by atoms with Crippen molar-refractivity contribution in [2.75, 3.05) is 13.1 Å². The lowest BCUT2D eigenvalue weighted by Gasteiger charge is -2.36. The van der Waals surface area contributed by atoms with Crippen LogP contribution in [0.25, 0.3) is 0 Å². The fourth-order valence-corrected chi connectivity index (χ4v) is 2.60. The van der Waals surface area contributed by atoms with Crippen LogP contribution in [0, 0.1) is 5.92 Å². The Morgan fingerprint density at radius 3 is 2.50 bits per heavy atom. The monoisotopic (exact) mass is 219 g/mol. The molecule has 0 saturated carbocycles. The highest BCUT2D eigenvalue weighted by atomic mass is 16.3. The highest BCUT2D eigenvalue weighted by Gasteiger charge is 2.32. The summed E-state index contributed by atoms with van der Waals surface area (Å²) < 4.78 is 0. The van der Waals surface area contributed by atoms with E-state index in [2.05, 4.69) is 17.4 Å². The van der Waals surface area contributed by atoms with Crippen LogP contribution in [0.3, 0.4) is 0 Å². The van der Waals surface area contributed by atoms with Crippen molar-refractivity contribution in [2.45, 2.75) is 31.8 Å². The second-order valence-corrected chi connectivity index (χ2v) is 5.04.